The Labute approximate surface area is 94.9 Å². The van der Waals surface area contributed by atoms with E-state index < -0.39 is 18.6 Å². The van der Waals surface area contributed by atoms with E-state index >= 15 is 0 Å². The smallest absolute Gasteiger partial charge is 0.270 e. The standard InChI is InChI=1S/C11H18N2O3/c1-12-11(16)9(7-14)13-10(15)8-5-3-2-4-6-8/h8-9,14H,1-7H2,(H,13,15). The van der Waals surface area contributed by atoms with Gasteiger partial charge in [-0.3, -0.25) is 9.59 Å². The molecule has 0 heterocycles. The molecule has 0 bridgehead atoms. The molecule has 5 nitrogen and oxygen atoms in total. The average molecular weight is 226 g/mol. The molecule has 0 radical (unpaired) electrons. The SMILES string of the molecule is C=NC(=O)C(CO)NC(=O)C1CCCCC1. The Morgan fingerprint density at radius 2 is 2.00 bits per heavy atom. The van der Waals surface area contributed by atoms with Crippen LogP contribution in [0.2, 0.25) is 0 Å². The van der Waals surface area contributed by atoms with Crippen molar-refractivity contribution in [2.24, 2.45) is 10.9 Å². The lowest BCUT2D eigenvalue weighted by Crippen LogP contribution is -2.45. The summed E-state index contributed by atoms with van der Waals surface area (Å²) in [7, 11) is 0. The fraction of sp³-hybridized carbons (Fsp3) is 0.727. The van der Waals surface area contributed by atoms with E-state index in [9.17, 15) is 9.59 Å². The predicted octanol–water partition coefficient (Wildman–Crippen LogP) is 0.271. The summed E-state index contributed by atoms with van der Waals surface area (Å²) in [5, 5.41) is 11.5. The second-order valence-corrected chi connectivity index (χ2v) is 4.08. The molecule has 1 aliphatic rings. The number of rotatable bonds is 4. The topological polar surface area (TPSA) is 78.8 Å². The molecule has 0 spiro atoms. The van der Waals surface area contributed by atoms with Crippen LogP contribution in [-0.2, 0) is 9.59 Å². The van der Waals surface area contributed by atoms with Crippen LogP contribution in [0, 0.1) is 5.92 Å². The van der Waals surface area contributed by atoms with Gasteiger partial charge in [0.25, 0.3) is 5.91 Å². The molecule has 1 atom stereocenters. The number of aliphatic hydroxyl groups is 1. The van der Waals surface area contributed by atoms with Gasteiger partial charge >= 0.3 is 0 Å². The molecule has 0 aromatic rings. The van der Waals surface area contributed by atoms with Gasteiger partial charge in [-0.2, -0.15) is 0 Å². The first-order valence-electron chi connectivity index (χ1n) is 5.61. The first kappa shape index (κ1) is 12.8. The zero-order valence-corrected chi connectivity index (χ0v) is 9.32. The Morgan fingerprint density at radius 1 is 1.38 bits per heavy atom. The van der Waals surface area contributed by atoms with Crippen molar-refractivity contribution in [3.63, 3.8) is 0 Å². The Morgan fingerprint density at radius 3 is 2.50 bits per heavy atom. The number of hydrogen-bond donors (Lipinski definition) is 2. The molecule has 0 aromatic carbocycles. The highest BCUT2D eigenvalue weighted by Crippen LogP contribution is 2.23. The summed E-state index contributed by atoms with van der Waals surface area (Å²) in [6, 6.07) is -0.938. The minimum Gasteiger partial charge on any atom is -0.394 e. The number of nitrogens with one attached hydrogen (secondary N) is 1. The van der Waals surface area contributed by atoms with E-state index in [0.717, 1.165) is 25.7 Å². The van der Waals surface area contributed by atoms with Crippen LogP contribution in [0.4, 0.5) is 0 Å². The maximum atomic E-state index is 11.8. The van der Waals surface area contributed by atoms with Crippen LogP contribution >= 0.6 is 0 Å². The highest BCUT2D eigenvalue weighted by molar-refractivity contribution is 5.90. The van der Waals surface area contributed by atoms with E-state index in [-0.39, 0.29) is 11.8 Å². The van der Waals surface area contributed by atoms with Crippen LogP contribution in [0.1, 0.15) is 32.1 Å². The summed E-state index contributed by atoms with van der Waals surface area (Å²) in [5.41, 5.74) is 0. The lowest BCUT2D eigenvalue weighted by molar-refractivity contribution is -0.131. The molecular formula is C11H18N2O3. The second kappa shape index (κ2) is 6.37. The van der Waals surface area contributed by atoms with Gasteiger partial charge in [-0.05, 0) is 19.6 Å². The van der Waals surface area contributed by atoms with Gasteiger partial charge in [0.15, 0.2) is 0 Å². The Hall–Kier alpha value is -1.23. The minimum absolute atomic E-state index is 0.0274. The molecule has 1 aliphatic carbocycles. The molecule has 0 aliphatic heterocycles. The summed E-state index contributed by atoms with van der Waals surface area (Å²) in [5.74, 6) is -0.775. The number of aliphatic imine (C=N–C) groups is 1. The predicted molar refractivity (Wildman–Crippen MR) is 60.1 cm³/mol. The van der Waals surface area contributed by atoms with Crippen LogP contribution < -0.4 is 5.32 Å². The molecule has 90 valence electrons. The van der Waals surface area contributed by atoms with E-state index in [4.69, 9.17) is 5.11 Å². The van der Waals surface area contributed by atoms with E-state index in [1.807, 2.05) is 0 Å². The van der Waals surface area contributed by atoms with Crippen molar-refractivity contribution in [3.8, 4) is 0 Å². The zero-order chi connectivity index (χ0) is 12.0. The number of hydrogen-bond acceptors (Lipinski definition) is 3. The van der Waals surface area contributed by atoms with Crippen molar-refractivity contribution >= 4 is 18.5 Å². The largest absolute Gasteiger partial charge is 0.394 e. The molecule has 2 N–H and O–H groups in total. The Balaban J connectivity index is 2.47. The normalized spacial score (nSPS) is 18.8. The molecule has 1 fully saturated rings. The Bertz CT molecular complexity index is 272. The number of nitrogens with zero attached hydrogens (tertiary/aromatic N) is 1. The van der Waals surface area contributed by atoms with Crippen LogP contribution in [0.25, 0.3) is 0 Å². The van der Waals surface area contributed by atoms with Crippen molar-refractivity contribution in [1.29, 1.82) is 0 Å². The molecule has 2 amide bonds. The van der Waals surface area contributed by atoms with Crippen LogP contribution in [0.5, 0.6) is 0 Å². The molecule has 16 heavy (non-hydrogen) atoms. The van der Waals surface area contributed by atoms with Crippen molar-refractivity contribution in [1.82, 2.24) is 5.32 Å². The number of carbonyl (C=O) groups excluding carboxylic acids is 2. The van der Waals surface area contributed by atoms with E-state index in [1.54, 1.807) is 0 Å². The van der Waals surface area contributed by atoms with E-state index in [2.05, 4.69) is 17.0 Å². The quantitative estimate of drug-likeness (QED) is 0.675. The van der Waals surface area contributed by atoms with Gasteiger partial charge in [0.1, 0.15) is 6.04 Å². The maximum Gasteiger partial charge on any atom is 0.270 e. The fourth-order valence-corrected chi connectivity index (χ4v) is 1.95. The van der Waals surface area contributed by atoms with Gasteiger partial charge in [0.2, 0.25) is 5.91 Å². The minimum atomic E-state index is -0.938. The lowest BCUT2D eigenvalue weighted by atomic mass is 9.88. The fourth-order valence-electron chi connectivity index (χ4n) is 1.95. The maximum absolute atomic E-state index is 11.8. The first-order chi connectivity index (χ1) is 7.69. The molecule has 0 aromatic heterocycles. The van der Waals surface area contributed by atoms with Crippen molar-refractivity contribution in [2.75, 3.05) is 6.61 Å². The summed E-state index contributed by atoms with van der Waals surface area (Å²) in [4.78, 5) is 26.1. The summed E-state index contributed by atoms with van der Waals surface area (Å²) < 4.78 is 0. The highest BCUT2D eigenvalue weighted by Gasteiger charge is 2.25. The first-order valence-corrected chi connectivity index (χ1v) is 5.61. The van der Waals surface area contributed by atoms with Crippen molar-refractivity contribution in [2.45, 2.75) is 38.1 Å². The van der Waals surface area contributed by atoms with Gasteiger partial charge < -0.3 is 10.4 Å². The van der Waals surface area contributed by atoms with Gasteiger partial charge in [-0.25, -0.2) is 4.99 Å². The van der Waals surface area contributed by atoms with Gasteiger partial charge in [0, 0.05) is 5.92 Å². The summed E-state index contributed by atoms with van der Waals surface area (Å²) >= 11 is 0. The molecule has 1 unspecified atom stereocenters. The third-order valence-electron chi connectivity index (χ3n) is 2.93. The van der Waals surface area contributed by atoms with Gasteiger partial charge in [-0.15, -0.1) is 0 Å². The molecule has 1 saturated carbocycles. The lowest BCUT2D eigenvalue weighted by Gasteiger charge is -2.22. The van der Waals surface area contributed by atoms with Crippen molar-refractivity contribution < 1.29 is 14.7 Å². The summed E-state index contributed by atoms with van der Waals surface area (Å²) in [6.07, 6.45) is 4.99. The number of amides is 2. The average Bonchev–Trinajstić information content (AvgIpc) is 2.35. The third kappa shape index (κ3) is 3.41. The van der Waals surface area contributed by atoms with Gasteiger partial charge in [-0.1, -0.05) is 19.3 Å². The van der Waals surface area contributed by atoms with Crippen molar-refractivity contribution in [3.05, 3.63) is 0 Å². The second-order valence-electron chi connectivity index (χ2n) is 4.08. The molecular weight excluding hydrogens is 208 g/mol. The van der Waals surface area contributed by atoms with Crippen LogP contribution in [0.15, 0.2) is 4.99 Å². The van der Waals surface area contributed by atoms with Crippen LogP contribution in [0.3, 0.4) is 0 Å². The molecule has 5 heteroatoms. The highest BCUT2D eigenvalue weighted by atomic mass is 16.3. The molecule has 1 rings (SSSR count). The number of carbonyl (C=O) groups is 2. The number of aliphatic hydroxyl groups excluding tert-OH is 1. The van der Waals surface area contributed by atoms with E-state index in [1.165, 1.54) is 6.42 Å². The van der Waals surface area contributed by atoms with E-state index in [0.29, 0.717) is 0 Å². The summed E-state index contributed by atoms with van der Waals surface area (Å²) in [6.45, 7) is 2.65. The third-order valence-corrected chi connectivity index (χ3v) is 2.93. The van der Waals surface area contributed by atoms with Gasteiger partial charge in [0.05, 0.1) is 6.61 Å². The van der Waals surface area contributed by atoms with Crippen LogP contribution in [-0.4, -0.2) is 36.3 Å². The monoisotopic (exact) mass is 226 g/mol. The molecule has 0 saturated heterocycles. The Kier molecular flexibility index (Phi) is 5.11. The zero-order valence-electron chi connectivity index (χ0n) is 9.32.